The lowest BCUT2D eigenvalue weighted by Gasteiger charge is -2.34. The standard InChI is InChI=1S/C15H20FIN2O/c1-18-11-4-6-12(7-5-11)19(2)15(20)13-8-3-10(16)9-14(13)17/h3,8-9,11-12,18H,4-7H2,1-2H3. The van der Waals surface area contributed by atoms with E-state index in [1.54, 1.807) is 6.07 Å². The fourth-order valence-electron chi connectivity index (χ4n) is 2.77. The fraction of sp³-hybridized carbons (Fsp3) is 0.533. The van der Waals surface area contributed by atoms with Crippen LogP contribution in [-0.2, 0) is 0 Å². The summed E-state index contributed by atoms with van der Waals surface area (Å²) in [5.74, 6) is -0.314. The van der Waals surface area contributed by atoms with Gasteiger partial charge in [0.2, 0.25) is 0 Å². The third-order valence-electron chi connectivity index (χ3n) is 4.13. The molecular formula is C15H20FIN2O. The maximum absolute atomic E-state index is 13.1. The molecular weight excluding hydrogens is 370 g/mol. The second-order valence-corrected chi connectivity index (χ2v) is 6.50. The summed E-state index contributed by atoms with van der Waals surface area (Å²) >= 11 is 2.02. The monoisotopic (exact) mass is 390 g/mol. The van der Waals surface area contributed by atoms with Crippen LogP contribution in [0.1, 0.15) is 36.0 Å². The number of nitrogens with zero attached hydrogens (tertiary/aromatic N) is 1. The van der Waals surface area contributed by atoms with Crippen molar-refractivity contribution in [1.29, 1.82) is 0 Å². The number of halogens is 2. The Morgan fingerprint density at radius 1 is 1.35 bits per heavy atom. The highest BCUT2D eigenvalue weighted by Crippen LogP contribution is 2.24. The zero-order chi connectivity index (χ0) is 14.7. The third-order valence-corrected chi connectivity index (χ3v) is 5.03. The zero-order valence-corrected chi connectivity index (χ0v) is 14.0. The number of hydrogen-bond acceptors (Lipinski definition) is 2. The van der Waals surface area contributed by atoms with E-state index in [9.17, 15) is 9.18 Å². The number of nitrogens with one attached hydrogen (secondary N) is 1. The first-order chi connectivity index (χ1) is 9.52. The molecule has 1 N–H and O–H groups in total. The normalized spacial score (nSPS) is 22.6. The molecule has 0 aromatic heterocycles. The SMILES string of the molecule is CNC1CCC(N(C)C(=O)c2ccc(F)cc2I)CC1. The van der Waals surface area contributed by atoms with Gasteiger partial charge < -0.3 is 10.2 Å². The molecule has 5 heteroatoms. The fourth-order valence-corrected chi connectivity index (χ4v) is 3.48. The summed E-state index contributed by atoms with van der Waals surface area (Å²) in [6.45, 7) is 0. The van der Waals surface area contributed by atoms with Gasteiger partial charge in [0, 0.05) is 22.7 Å². The van der Waals surface area contributed by atoms with Crippen molar-refractivity contribution >= 4 is 28.5 Å². The maximum Gasteiger partial charge on any atom is 0.254 e. The molecule has 0 radical (unpaired) electrons. The zero-order valence-electron chi connectivity index (χ0n) is 11.8. The maximum atomic E-state index is 13.1. The molecule has 1 saturated carbocycles. The van der Waals surface area contributed by atoms with Crippen LogP contribution in [0.4, 0.5) is 4.39 Å². The van der Waals surface area contributed by atoms with Gasteiger partial charge in [-0.15, -0.1) is 0 Å². The minimum Gasteiger partial charge on any atom is -0.339 e. The Labute approximate surface area is 133 Å². The van der Waals surface area contributed by atoms with Crippen LogP contribution >= 0.6 is 22.6 Å². The Kier molecular flexibility index (Phi) is 5.37. The van der Waals surface area contributed by atoms with Crippen LogP contribution in [0.15, 0.2) is 18.2 Å². The van der Waals surface area contributed by atoms with E-state index in [1.165, 1.54) is 12.1 Å². The van der Waals surface area contributed by atoms with Crippen molar-refractivity contribution in [2.24, 2.45) is 0 Å². The first kappa shape index (κ1) is 15.7. The third kappa shape index (κ3) is 3.49. The molecule has 0 atom stereocenters. The summed E-state index contributed by atoms with van der Waals surface area (Å²) in [5, 5.41) is 3.29. The lowest BCUT2D eigenvalue weighted by Crippen LogP contribution is -2.42. The van der Waals surface area contributed by atoms with Crippen molar-refractivity contribution < 1.29 is 9.18 Å². The molecule has 2 rings (SSSR count). The summed E-state index contributed by atoms with van der Waals surface area (Å²) in [5.41, 5.74) is 0.588. The predicted molar refractivity (Wildman–Crippen MR) is 86.3 cm³/mol. The molecule has 0 aliphatic heterocycles. The van der Waals surface area contributed by atoms with Crippen LogP contribution in [0.5, 0.6) is 0 Å². The first-order valence-corrected chi connectivity index (χ1v) is 8.00. The van der Waals surface area contributed by atoms with Gasteiger partial charge in [-0.05, 0) is 73.5 Å². The number of benzene rings is 1. The van der Waals surface area contributed by atoms with Crippen molar-refractivity contribution in [3.63, 3.8) is 0 Å². The van der Waals surface area contributed by atoms with Crippen molar-refractivity contribution in [3.05, 3.63) is 33.1 Å². The van der Waals surface area contributed by atoms with Crippen molar-refractivity contribution in [2.45, 2.75) is 37.8 Å². The van der Waals surface area contributed by atoms with E-state index in [0.717, 1.165) is 25.7 Å². The molecule has 1 aromatic rings. The Morgan fingerprint density at radius 3 is 2.55 bits per heavy atom. The van der Waals surface area contributed by atoms with E-state index in [-0.39, 0.29) is 17.8 Å². The molecule has 20 heavy (non-hydrogen) atoms. The van der Waals surface area contributed by atoms with Gasteiger partial charge in [-0.25, -0.2) is 4.39 Å². The van der Waals surface area contributed by atoms with Gasteiger partial charge in [0.1, 0.15) is 5.82 Å². The van der Waals surface area contributed by atoms with Crippen molar-refractivity contribution in [2.75, 3.05) is 14.1 Å². The van der Waals surface area contributed by atoms with Crippen LogP contribution < -0.4 is 5.32 Å². The number of hydrogen-bond donors (Lipinski definition) is 1. The molecule has 1 aliphatic rings. The van der Waals surface area contributed by atoms with Crippen LogP contribution in [0, 0.1) is 9.39 Å². The lowest BCUT2D eigenvalue weighted by atomic mass is 9.90. The molecule has 1 amide bonds. The quantitative estimate of drug-likeness (QED) is 0.805. The molecule has 0 unspecified atom stereocenters. The Bertz CT molecular complexity index is 487. The van der Waals surface area contributed by atoms with Crippen LogP contribution in [0.25, 0.3) is 0 Å². The highest BCUT2D eigenvalue weighted by Gasteiger charge is 2.27. The van der Waals surface area contributed by atoms with Crippen LogP contribution in [0.3, 0.4) is 0 Å². The number of amides is 1. The molecule has 1 aromatic carbocycles. The second-order valence-electron chi connectivity index (χ2n) is 5.33. The lowest BCUT2D eigenvalue weighted by molar-refractivity contribution is 0.0684. The van der Waals surface area contributed by atoms with Crippen LogP contribution in [-0.4, -0.2) is 37.0 Å². The van der Waals surface area contributed by atoms with E-state index in [1.807, 2.05) is 41.6 Å². The summed E-state index contributed by atoms with van der Waals surface area (Å²) in [7, 11) is 3.84. The molecule has 1 aliphatic carbocycles. The minimum atomic E-state index is -0.303. The van der Waals surface area contributed by atoms with E-state index >= 15 is 0 Å². The molecule has 1 fully saturated rings. The summed E-state index contributed by atoms with van der Waals surface area (Å²) in [6.07, 6.45) is 4.23. The number of carbonyl (C=O) groups is 1. The molecule has 0 spiro atoms. The topological polar surface area (TPSA) is 32.3 Å². The van der Waals surface area contributed by atoms with Gasteiger partial charge in [0.05, 0.1) is 5.56 Å². The van der Waals surface area contributed by atoms with E-state index in [4.69, 9.17) is 0 Å². The van der Waals surface area contributed by atoms with Gasteiger partial charge in [-0.1, -0.05) is 0 Å². The van der Waals surface area contributed by atoms with E-state index in [0.29, 0.717) is 15.2 Å². The Hall–Kier alpha value is -0.690. The molecule has 0 bridgehead atoms. The van der Waals surface area contributed by atoms with Gasteiger partial charge in [0.15, 0.2) is 0 Å². The molecule has 3 nitrogen and oxygen atoms in total. The smallest absolute Gasteiger partial charge is 0.254 e. The van der Waals surface area contributed by atoms with E-state index < -0.39 is 0 Å². The average molecular weight is 390 g/mol. The van der Waals surface area contributed by atoms with Gasteiger partial charge >= 0.3 is 0 Å². The second kappa shape index (κ2) is 6.85. The minimum absolute atomic E-state index is 0.0118. The molecule has 0 heterocycles. The van der Waals surface area contributed by atoms with Crippen LogP contribution in [0.2, 0.25) is 0 Å². The number of rotatable bonds is 3. The Balaban J connectivity index is 2.05. The average Bonchev–Trinajstić information content (AvgIpc) is 2.46. The summed E-state index contributed by atoms with van der Waals surface area (Å²) in [6, 6.07) is 5.18. The largest absolute Gasteiger partial charge is 0.339 e. The number of carbonyl (C=O) groups excluding carboxylic acids is 1. The summed E-state index contributed by atoms with van der Waals surface area (Å²) < 4.78 is 13.8. The predicted octanol–water partition coefficient (Wildman–Crippen LogP) is 3.03. The molecule has 0 saturated heterocycles. The van der Waals surface area contributed by atoms with E-state index in [2.05, 4.69) is 5.32 Å². The highest BCUT2D eigenvalue weighted by atomic mass is 127. The van der Waals surface area contributed by atoms with Crippen molar-refractivity contribution in [3.8, 4) is 0 Å². The Morgan fingerprint density at radius 2 is 2.00 bits per heavy atom. The van der Waals surface area contributed by atoms with Crippen molar-refractivity contribution in [1.82, 2.24) is 10.2 Å². The molecule has 110 valence electrons. The first-order valence-electron chi connectivity index (χ1n) is 6.92. The van der Waals surface area contributed by atoms with Gasteiger partial charge in [0.25, 0.3) is 5.91 Å². The van der Waals surface area contributed by atoms with Gasteiger partial charge in [-0.3, -0.25) is 4.79 Å². The summed E-state index contributed by atoms with van der Waals surface area (Å²) in [4.78, 5) is 14.3. The highest BCUT2D eigenvalue weighted by molar-refractivity contribution is 14.1. The van der Waals surface area contributed by atoms with Gasteiger partial charge in [-0.2, -0.15) is 0 Å².